The number of rotatable bonds is 7. The summed E-state index contributed by atoms with van der Waals surface area (Å²) in [5.41, 5.74) is 2.14. The first kappa shape index (κ1) is 19.2. The first-order valence-corrected chi connectivity index (χ1v) is 8.97. The average molecular weight is 377 g/mol. The molecule has 0 atom stereocenters. The minimum absolute atomic E-state index is 0.112. The molecule has 2 N–H and O–H groups in total. The number of nitrogens with zero attached hydrogens (tertiary/aromatic N) is 1. The van der Waals surface area contributed by atoms with Crippen molar-refractivity contribution in [3.8, 4) is 0 Å². The molecule has 1 aromatic heterocycles. The lowest BCUT2D eigenvalue weighted by Crippen LogP contribution is -2.25. The van der Waals surface area contributed by atoms with Crippen molar-refractivity contribution in [1.29, 1.82) is 0 Å². The first-order chi connectivity index (χ1) is 13.6. The Morgan fingerprint density at radius 1 is 0.929 bits per heavy atom. The number of amides is 2. The van der Waals surface area contributed by atoms with Gasteiger partial charge >= 0.3 is 0 Å². The summed E-state index contributed by atoms with van der Waals surface area (Å²) in [6, 6.07) is 18.5. The lowest BCUT2D eigenvalue weighted by atomic mass is 10.1. The molecule has 2 aromatic carbocycles. The second-order valence-corrected chi connectivity index (χ2v) is 6.24. The van der Waals surface area contributed by atoms with E-state index in [2.05, 4.69) is 27.8 Å². The number of carbonyl (C=O) groups is 2. The van der Waals surface area contributed by atoms with Crippen molar-refractivity contribution >= 4 is 17.5 Å². The Labute approximate surface area is 162 Å². The molecule has 3 aromatic rings. The van der Waals surface area contributed by atoms with Gasteiger partial charge in [-0.2, -0.15) is 0 Å². The molecule has 0 radical (unpaired) electrons. The van der Waals surface area contributed by atoms with Gasteiger partial charge in [-0.15, -0.1) is 0 Å². The fourth-order valence-electron chi connectivity index (χ4n) is 2.67. The number of hydrogen-bond donors (Lipinski definition) is 2. The zero-order valence-electron chi connectivity index (χ0n) is 15.2. The van der Waals surface area contributed by atoms with Gasteiger partial charge in [0.25, 0.3) is 11.8 Å². The quantitative estimate of drug-likeness (QED) is 0.615. The second kappa shape index (κ2) is 9.41. The number of aryl methyl sites for hydroxylation is 1. The van der Waals surface area contributed by atoms with Crippen LogP contribution in [0.2, 0.25) is 0 Å². The van der Waals surface area contributed by atoms with Crippen LogP contribution in [0, 0.1) is 5.82 Å². The van der Waals surface area contributed by atoms with Crippen LogP contribution in [-0.4, -0.2) is 23.3 Å². The molecule has 2 amide bonds. The first-order valence-electron chi connectivity index (χ1n) is 8.97. The number of anilines is 1. The molecule has 5 nitrogen and oxygen atoms in total. The van der Waals surface area contributed by atoms with Gasteiger partial charge in [-0.3, -0.25) is 14.6 Å². The molecular formula is C22H20FN3O2. The predicted molar refractivity (Wildman–Crippen MR) is 106 cm³/mol. The molecule has 0 aliphatic carbocycles. The van der Waals surface area contributed by atoms with E-state index in [0.29, 0.717) is 17.8 Å². The highest BCUT2D eigenvalue weighted by atomic mass is 19.1. The third-order valence-corrected chi connectivity index (χ3v) is 4.13. The molecule has 0 aliphatic heterocycles. The molecule has 0 bridgehead atoms. The summed E-state index contributed by atoms with van der Waals surface area (Å²) in [6.45, 7) is 0.535. The largest absolute Gasteiger partial charge is 0.352 e. The number of nitrogens with one attached hydrogen (secondary N) is 2. The third kappa shape index (κ3) is 5.48. The number of halogens is 1. The monoisotopic (exact) mass is 377 g/mol. The highest BCUT2D eigenvalue weighted by Crippen LogP contribution is 2.11. The van der Waals surface area contributed by atoms with Crippen LogP contribution in [-0.2, 0) is 6.42 Å². The maximum atomic E-state index is 12.9. The fourth-order valence-corrected chi connectivity index (χ4v) is 2.67. The standard InChI is InChI=1S/C22H20FN3O2/c23-18-8-10-19(11-9-18)26-22(28)20-15-17(12-14-24-20)21(27)25-13-4-7-16-5-2-1-3-6-16/h1-3,5-6,8-12,14-15H,4,7,13H2,(H,25,27)(H,26,28). The lowest BCUT2D eigenvalue weighted by molar-refractivity contribution is 0.0953. The predicted octanol–water partition coefficient (Wildman–Crippen LogP) is 3.84. The van der Waals surface area contributed by atoms with Crippen molar-refractivity contribution in [1.82, 2.24) is 10.3 Å². The van der Waals surface area contributed by atoms with Crippen molar-refractivity contribution in [3.05, 3.63) is 95.6 Å². The highest BCUT2D eigenvalue weighted by molar-refractivity contribution is 6.04. The van der Waals surface area contributed by atoms with Gasteiger partial charge in [-0.1, -0.05) is 30.3 Å². The Morgan fingerprint density at radius 3 is 2.43 bits per heavy atom. The minimum Gasteiger partial charge on any atom is -0.352 e. The van der Waals surface area contributed by atoms with Crippen LogP contribution in [0.1, 0.15) is 32.8 Å². The number of hydrogen-bond acceptors (Lipinski definition) is 3. The van der Waals surface area contributed by atoms with Crippen molar-refractivity contribution < 1.29 is 14.0 Å². The molecule has 3 rings (SSSR count). The molecule has 0 aliphatic rings. The van der Waals surface area contributed by atoms with Gasteiger partial charge in [0, 0.05) is 24.0 Å². The van der Waals surface area contributed by atoms with E-state index in [1.807, 2.05) is 18.2 Å². The van der Waals surface area contributed by atoms with Crippen molar-refractivity contribution in [2.24, 2.45) is 0 Å². The Bertz CT molecular complexity index is 944. The molecule has 6 heteroatoms. The molecule has 1 heterocycles. The maximum absolute atomic E-state index is 12.9. The van der Waals surface area contributed by atoms with Gasteiger partial charge in [-0.05, 0) is 54.8 Å². The average Bonchev–Trinajstić information content (AvgIpc) is 2.73. The third-order valence-electron chi connectivity index (χ3n) is 4.13. The number of aromatic nitrogens is 1. The van der Waals surface area contributed by atoms with Crippen LogP contribution in [0.25, 0.3) is 0 Å². The van der Waals surface area contributed by atoms with Crippen molar-refractivity contribution in [2.75, 3.05) is 11.9 Å². The van der Waals surface area contributed by atoms with Crippen LogP contribution < -0.4 is 10.6 Å². The minimum atomic E-state index is -0.467. The Kier molecular flexibility index (Phi) is 6.46. The molecule has 0 fully saturated rings. The topological polar surface area (TPSA) is 71.1 Å². The van der Waals surface area contributed by atoms with E-state index < -0.39 is 5.91 Å². The second-order valence-electron chi connectivity index (χ2n) is 6.24. The van der Waals surface area contributed by atoms with E-state index in [0.717, 1.165) is 12.8 Å². The van der Waals surface area contributed by atoms with Gasteiger partial charge in [0.2, 0.25) is 0 Å². The van der Waals surface area contributed by atoms with Gasteiger partial charge in [0.1, 0.15) is 11.5 Å². The molecule has 142 valence electrons. The zero-order valence-corrected chi connectivity index (χ0v) is 15.2. The van der Waals surface area contributed by atoms with Gasteiger partial charge in [0.05, 0.1) is 0 Å². The van der Waals surface area contributed by atoms with Crippen LogP contribution in [0.15, 0.2) is 72.9 Å². The van der Waals surface area contributed by atoms with E-state index in [-0.39, 0.29) is 17.4 Å². The molecule has 28 heavy (non-hydrogen) atoms. The highest BCUT2D eigenvalue weighted by Gasteiger charge is 2.12. The summed E-state index contributed by atoms with van der Waals surface area (Å²) < 4.78 is 12.9. The Morgan fingerprint density at radius 2 is 1.68 bits per heavy atom. The van der Waals surface area contributed by atoms with Crippen molar-refractivity contribution in [2.45, 2.75) is 12.8 Å². The van der Waals surface area contributed by atoms with E-state index in [1.165, 1.54) is 42.1 Å². The Hall–Kier alpha value is -3.54. The Balaban J connectivity index is 1.53. The number of carbonyl (C=O) groups excluding carboxylic acids is 2. The summed E-state index contributed by atoms with van der Waals surface area (Å²) >= 11 is 0. The normalized spacial score (nSPS) is 10.3. The number of pyridine rings is 1. The maximum Gasteiger partial charge on any atom is 0.274 e. The number of benzene rings is 2. The van der Waals surface area contributed by atoms with Gasteiger partial charge in [0.15, 0.2) is 0 Å². The van der Waals surface area contributed by atoms with Crippen LogP contribution >= 0.6 is 0 Å². The lowest BCUT2D eigenvalue weighted by Gasteiger charge is -2.08. The zero-order chi connectivity index (χ0) is 19.8. The van der Waals surface area contributed by atoms with Gasteiger partial charge in [-0.25, -0.2) is 4.39 Å². The molecule has 0 spiro atoms. The smallest absolute Gasteiger partial charge is 0.274 e. The van der Waals surface area contributed by atoms with E-state index in [9.17, 15) is 14.0 Å². The van der Waals surface area contributed by atoms with Crippen LogP contribution in [0.4, 0.5) is 10.1 Å². The fraction of sp³-hybridized carbons (Fsp3) is 0.136. The molecule has 0 unspecified atom stereocenters. The van der Waals surface area contributed by atoms with E-state index in [4.69, 9.17) is 0 Å². The molecule has 0 saturated heterocycles. The summed E-state index contributed by atoms with van der Waals surface area (Å²) in [6.07, 6.45) is 3.11. The van der Waals surface area contributed by atoms with Crippen molar-refractivity contribution in [3.63, 3.8) is 0 Å². The van der Waals surface area contributed by atoms with Crippen LogP contribution in [0.5, 0.6) is 0 Å². The summed E-state index contributed by atoms with van der Waals surface area (Å²) in [5.74, 6) is -1.11. The molecular weight excluding hydrogens is 357 g/mol. The van der Waals surface area contributed by atoms with E-state index in [1.54, 1.807) is 6.07 Å². The van der Waals surface area contributed by atoms with Gasteiger partial charge < -0.3 is 10.6 Å². The summed E-state index contributed by atoms with van der Waals surface area (Å²) in [5, 5.41) is 5.47. The summed E-state index contributed by atoms with van der Waals surface area (Å²) in [4.78, 5) is 28.6. The molecule has 0 saturated carbocycles. The SMILES string of the molecule is O=C(NCCCc1ccccc1)c1ccnc(C(=O)Nc2ccc(F)cc2)c1. The van der Waals surface area contributed by atoms with E-state index >= 15 is 0 Å². The summed E-state index contributed by atoms with van der Waals surface area (Å²) in [7, 11) is 0. The van der Waals surface area contributed by atoms with Crippen LogP contribution in [0.3, 0.4) is 0 Å².